The molecule has 1 aromatic carbocycles. The summed E-state index contributed by atoms with van der Waals surface area (Å²) in [7, 11) is 0. The Morgan fingerprint density at radius 2 is 1.50 bits per heavy atom. The Hall–Kier alpha value is -0.0269. The summed E-state index contributed by atoms with van der Waals surface area (Å²) in [5.74, 6) is 2.16. The first-order valence-corrected chi connectivity index (χ1v) is 8.45. The number of benzene rings is 1. The van der Waals surface area contributed by atoms with E-state index in [4.69, 9.17) is 0 Å². The molecule has 0 radical (unpaired) electrons. The zero-order chi connectivity index (χ0) is 13.3. The molecule has 1 aliphatic rings. The molecule has 1 aliphatic carbocycles. The van der Waals surface area contributed by atoms with Gasteiger partial charge in [-0.05, 0) is 0 Å². The third kappa shape index (κ3) is 3.10. The van der Waals surface area contributed by atoms with E-state index in [9.17, 15) is 0 Å². The summed E-state index contributed by atoms with van der Waals surface area (Å²) in [4.78, 5) is 0. The number of rotatable bonds is 4. The van der Waals surface area contributed by atoms with Gasteiger partial charge in [-0.1, -0.05) is 0 Å². The van der Waals surface area contributed by atoms with Gasteiger partial charge in [0, 0.05) is 0 Å². The van der Waals surface area contributed by atoms with Crippen LogP contribution in [-0.4, -0.2) is 3.21 Å². The Morgan fingerprint density at radius 1 is 1.00 bits per heavy atom. The van der Waals surface area contributed by atoms with Crippen LogP contribution in [-0.2, 0) is 24.2 Å². The van der Waals surface area contributed by atoms with Crippen molar-refractivity contribution in [2.45, 2.75) is 58.8 Å². The predicted octanol–water partition coefficient (Wildman–Crippen LogP) is 4.80. The molecule has 96 valence electrons. The van der Waals surface area contributed by atoms with Crippen LogP contribution in [0.1, 0.15) is 75.5 Å². The molecule has 0 bridgehead atoms. The quantitative estimate of drug-likeness (QED) is 0.748. The first-order chi connectivity index (χ1) is 8.49. The molecule has 0 atom stereocenters. The summed E-state index contributed by atoms with van der Waals surface area (Å²) in [5.41, 5.74) is 4.55. The van der Waals surface area contributed by atoms with Crippen LogP contribution < -0.4 is 0 Å². The van der Waals surface area contributed by atoms with E-state index < -0.39 is 0 Å². The van der Waals surface area contributed by atoms with E-state index in [0.29, 0.717) is 11.8 Å². The zero-order valence-corrected chi connectivity index (χ0v) is 14.5. The molecule has 1 fully saturated rings. The fraction of sp³-hybridized carbons (Fsp3) is 0.588. The molecule has 1 heteroatoms. The van der Waals surface area contributed by atoms with E-state index in [1.165, 1.54) is 36.0 Å². The molecule has 0 saturated heterocycles. The van der Waals surface area contributed by atoms with Gasteiger partial charge < -0.3 is 0 Å². The van der Waals surface area contributed by atoms with Crippen molar-refractivity contribution in [3.05, 3.63) is 34.9 Å². The van der Waals surface area contributed by atoms with Crippen molar-refractivity contribution in [1.29, 1.82) is 0 Å². The first kappa shape index (κ1) is 14.4. The van der Waals surface area contributed by atoms with Crippen LogP contribution in [0.5, 0.6) is 0 Å². The minimum absolute atomic E-state index is 0.632. The van der Waals surface area contributed by atoms with Crippen molar-refractivity contribution in [2.75, 3.05) is 0 Å². The van der Waals surface area contributed by atoms with Crippen LogP contribution >= 0.6 is 0 Å². The second-order valence-corrected chi connectivity index (χ2v) is 7.56. The predicted molar refractivity (Wildman–Crippen MR) is 76.1 cm³/mol. The van der Waals surface area contributed by atoms with Gasteiger partial charge in [0.1, 0.15) is 0 Å². The van der Waals surface area contributed by atoms with Gasteiger partial charge in [0.15, 0.2) is 0 Å². The van der Waals surface area contributed by atoms with Gasteiger partial charge in [-0.2, -0.15) is 0 Å². The molecule has 2 rings (SSSR count). The van der Waals surface area contributed by atoms with Crippen molar-refractivity contribution in [3.63, 3.8) is 0 Å². The molecule has 0 aliphatic heterocycles. The van der Waals surface area contributed by atoms with Gasteiger partial charge in [-0.25, -0.2) is 0 Å². The Labute approximate surface area is 127 Å². The summed E-state index contributed by atoms with van der Waals surface area (Å²) in [5, 5.41) is 0. The van der Waals surface area contributed by atoms with Crippen LogP contribution in [0.3, 0.4) is 0 Å². The molecule has 0 spiro atoms. The van der Waals surface area contributed by atoms with Crippen molar-refractivity contribution < 1.29 is 24.2 Å². The van der Waals surface area contributed by atoms with Crippen LogP contribution in [0.15, 0.2) is 18.2 Å². The molecule has 18 heavy (non-hydrogen) atoms. The SMILES string of the molecule is CC(C)c1cc([C](=[Zr])C2CCC2)cc(C(C)C)c1. The van der Waals surface area contributed by atoms with Crippen molar-refractivity contribution in [3.8, 4) is 0 Å². The molecule has 0 amide bonds. The summed E-state index contributed by atoms with van der Waals surface area (Å²) in [6.07, 6.45) is 4.27. The van der Waals surface area contributed by atoms with E-state index in [1.807, 2.05) is 0 Å². The Kier molecular flexibility index (Phi) is 4.76. The number of hydrogen-bond donors (Lipinski definition) is 0. The molecular weight excluding hydrogens is 295 g/mol. The molecule has 0 nitrogen and oxygen atoms in total. The van der Waals surface area contributed by atoms with Gasteiger partial charge >= 0.3 is 127 Å². The summed E-state index contributed by atoms with van der Waals surface area (Å²) < 4.78 is 1.71. The standard InChI is InChI=1S/C17H24.Zr/c1-12(2)16-9-15(8-14-6-5-7-14)10-17(11-16)13(3)4;/h9-14H,5-7H2,1-4H3;. The van der Waals surface area contributed by atoms with Gasteiger partial charge in [-0.3, -0.25) is 0 Å². The van der Waals surface area contributed by atoms with E-state index in [-0.39, 0.29) is 0 Å². The van der Waals surface area contributed by atoms with Gasteiger partial charge in [0.2, 0.25) is 0 Å². The van der Waals surface area contributed by atoms with Crippen LogP contribution in [0.4, 0.5) is 0 Å². The second kappa shape index (κ2) is 5.95. The third-order valence-electron chi connectivity index (χ3n) is 4.14. The van der Waals surface area contributed by atoms with E-state index in [1.54, 1.807) is 27.4 Å². The molecule has 0 unspecified atom stereocenters. The maximum atomic E-state index is 2.44. The second-order valence-electron chi connectivity index (χ2n) is 6.24. The topological polar surface area (TPSA) is 0 Å². The first-order valence-electron chi connectivity index (χ1n) is 7.22. The molecular formula is C17H24Zr. The van der Waals surface area contributed by atoms with Crippen LogP contribution in [0.25, 0.3) is 0 Å². The van der Waals surface area contributed by atoms with Crippen molar-refractivity contribution in [1.82, 2.24) is 0 Å². The Bertz CT molecular complexity index is 413. The average Bonchev–Trinajstić information content (AvgIpc) is 2.25. The summed E-state index contributed by atoms with van der Waals surface area (Å²) in [6.45, 7) is 9.20. The Morgan fingerprint density at radius 3 is 1.83 bits per heavy atom. The molecule has 0 N–H and O–H groups in total. The van der Waals surface area contributed by atoms with E-state index in [0.717, 1.165) is 5.92 Å². The summed E-state index contributed by atoms with van der Waals surface area (Å²) >= 11 is 1.62. The van der Waals surface area contributed by atoms with Gasteiger partial charge in [0.25, 0.3) is 0 Å². The molecule has 1 saturated carbocycles. The third-order valence-corrected chi connectivity index (χ3v) is 5.85. The van der Waals surface area contributed by atoms with Crippen molar-refractivity contribution >= 4 is 3.21 Å². The molecule has 0 heterocycles. The van der Waals surface area contributed by atoms with E-state index >= 15 is 0 Å². The minimum atomic E-state index is 0.632. The maximum absolute atomic E-state index is 2.44. The van der Waals surface area contributed by atoms with Crippen molar-refractivity contribution in [2.24, 2.45) is 5.92 Å². The molecule has 1 aromatic rings. The average molecular weight is 320 g/mol. The fourth-order valence-electron chi connectivity index (χ4n) is 2.43. The summed E-state index contributed by atoms with van der Waals surface area (Å²) in [6, 6.07) is 7.29. The Balaban J connectivity index is 2.36. The monoisotopic (exact) mass is 318 g/mol. The van der Waals surface area contributed by atoms with Crippen LogP contribution in [0.2, 0.25) is 0 Å². The normalized spacial score (nSPS) is 16.1. The fourth-order valence-corrected chi connectivity index (χ4v) is 3.50. The van der Waals surface area contributed by atoms with E-state index in [2.05, 4.69) is 45.9 Å². The zero-order valence-electron chi connectivity index (χ0n) is 12.1. The van der Waals surface area contributed by atoms with Gasteiger partial charge in [-0.15, -0.1) is 0 Å². The molecule has 0 aromatic heterocycles. The number of hydrogen-bond acceptors (Lipinski definition) is 0. The van der Waals surface area contributed by atoms with Crippen LogP contribution in [0, 0.1) is 5.92 Å². The van der Waals surface area contributed by atoms with Gasteiger partial charge in [0.05, 0.1) is 0 Å².